The van der Waals surface area contributed by atoms with Gasteiger partial charge in [-0.15, -0.1) is 0 Å². The van der Waals surface area contributed by atoms with Crippen LogP contribution in [-0.4, -0.2) is 69.0 Å². The maximum atomic E-state index is 12.9. The van der Waals surface area contributed by atoms with Crippen molar-refractivity contribution in [1.82, 2.24) is 19.5 Å². The first-order valence-corrected chi connectivity index (χ1v) is 17.9. The lowest BCUT2D eigenvalue weighted by atomic mass is 10.0. The molecule has 2 heterocycles. The Morgan fingerprint density at radius 2 is 1.23 bits per heavy atom. The van der Waals surface area contributed by atoms with E-state index in [1.807, 2.05) is 6.07 Å². The Balaban J connectivity index is 1.13. The number of piperazine rings is 1. The standard InChI is InChI=1S/C33H56N4O2S/c1-2-3-4-5-6-7-8-9-10-11-12-13-14-15-16-17-24-36-26-28-37(29-27-36)25-23-35-40(38,39)33-20-18-19-31-30-34-22-21-32(31)33/h18-22,30,35H,2-17,23-29H2,1H3. The van der Waals surface area contributed by atoms with Crippen molar-refractivity contribution < 1.29 is 8.42 Å². The van der Waals surface area contributed by atoms with Gasteiger partial charge in [-0.25, -0.2) is 13.1 Å². The van der Waals surface area contributed by atoms with Crippen molar-refractivity contribution in [2.75, 3.05) is 45.8 Å². The van der Waals surface area contributed by atoms with Crippen molar-refractivity contribution in [1.29, 1.82) is 0 Å². The summed E-state index contributed by atoms with van der Waals surface area (Å²) >= 11 is 0. The highest BCUT2D eigenvalue weighted by Gasteiger charge is 2.19. The molecule has 0 radical (unpaired) electrons. The summed E-state index contributed by atoms with van der Waals surface area (Å²) in [6.07, 6.45) is 25.9. The van der Waals surface area contributed by atoms with Crippen molar-refractivity contribution >= 4 is 20.8 Å². The highest BCUT2D eigenvalue weighted by atomic mass is 32.2. The van der Waals surface area contributed by atoms with Gasteiger partial charge in [0.2, 0.25) is 10.0 Å². The van der Waals surface area contributed by atoms with E-state index in [0.29, 0.717) is 16.8 Å². The fourth-order valence-electron chi connectivity index (χ4n) is 5.86. The smallest absolute Gasteiger partial charge is 0.241 e. The Morgan fingerprint density at radius 3 is 1.80 bits per heavy atom. The zero-order valence-corrected chi connectivity index (χ0v) is 26.1. The Hall–Kier alpha value is -1.54. The molecule has 0 amide bonds. The van der Waals surface area contributed by atoms with Gasteiger partial charge in [-0.2, -0.15) is 0 Å². The summed E-state index contributed by atoms with van der Waals surface area (Å²) in [4.78, 5) is 9.38. The normalized spacial score (nSPS) is 15.2. The molecule has 1 N–H and O–H groups in total. The molecule has 1 aromatic heterocycles. The average Bonchev–Trinajstić information content (AvgIpc) is 2.97. The van der Waals surface area contributed by atoms with E-state index < -0.39 is 10.0 Å². The second-order valence-corrected chi connectivity index (χ2v) is 13.5. The molecule has 40 heavy (non-hydrogen) atoms. The van der Waals surface area contributed by atoms with Crippen LogP contribution < -0.4 is 4.72 Å². The van der Waals surface area contributed by atoms with Crippen LogP contribution in [0, 0.1) is 0 Å². The van der Waals surface area contributed by atoms with Crippen LogP contribution in [0.15, 0.2) is 41.6 Å². The van der Waals surface area contributed by atoms with E-state index >= 15 is 0 Å². The number of nitrogens with zero attached hydrogens (tertiary/aromatic N) is 3. The first-order chi connectivity index (χ1) is 19.6. The van der Waals surface area contributed by atoms with Crippen molar-refractivity contribution in [3.8, 4) is 0 Å². The molecule has 1 fully saturated rings. The third kappa shape index (κ3) is 12.5. The molecule has 0 spiro atoms. The quantitative estimate of drug-likeness (QED) is 0.149. The number of sulfonamides is 1. The zero-order valence-electron chi connectivity index (χ0n) is 25.3. The van der Waals surface area contributed by atoms with E-state index in [0.717, 1.165) is 38.1 Å². The number of pyridine rings is 1. The van der Waals surface area contributed by atoms with Gasteiger partial charge in [0.1, 0.15) is 0 Å². The van der Waals surface area contributed by atoms with Crippen LogP contribution in [0.1, 0.15) is 110 Å². The fourth-order valence-corrected chi connectivity index (χ4v) is 7.11. The summed E-state index contributed by atoms with van der Waals surface area (Å²) < 4.78 is 28.6. The third-order valence-corrected chi connectivity index (χ3v) is 9.96. The molecule has 1 aromatic carbocycles. The Kier molecular flexibility index (Phi) is 16.1. The van der Waals surface area contributed by atoms with Crippen LogP contribution in [0.5, 0.6) is 0 Å². The van der Waals surface area contributed by atoms with Crippen LogP contribution in [-0.2, 0) is 10.0 Å². The molecule has 226 valence electrons. The number of hydrogen-bond acceptors (Lipinski definition) is 5. The van der Waals surface area contributed by atoms with E-state index in [1.54, 1.807) is 30.6 Å². The van der Waals surface area contributed by atoms with Gasteiger partial charge in [0.25, 0.3) is 0 Å². The minimum atomic E-state index is -3.55. The summed E-state index contributed by atoms with van der Waals surface area (Å²) in [6.45, 7) is 8.87. The molecule has 1 aliphatic rings. The third-order valence-electron chi connectivity index (χ3n) is 8.44. The molecule has 2 aromatic rings. The Bertz CT molecular complexity index is 1030. The van der Waals surface area contributed by atoms with Gasteiger partial charge in [0, 0.05) is 62.4 Å². The van der Waals surface area contributed by atoms with Crippen LogP contribution in [0.3, 0.4) is 0 Å². The number of benzene rings is 1. The number of rotatable bonds is 22. The molecule has 6 nitrogen and oxygen atoms in total. The lowest BCUT2D eigenvalue weighted by Gasteiger charge is -2.34. The van der Waals surface area contributed by atoms with Crippen molar-refractivity contribution in [3.05, 3.63) is 36.7 Å². The monoisotopic (exact) mass is 572 g/mol. The first-order valence-electron chi connectivity index (χ1n) is 16.4. The highest BCUT2D eigenvalue weighted by Crippen LogP contribution is 2.21. The summed E-state index contributed by atoms with van der Waals surface area (Å²) in [5.41, 5.74) is 0. The van der Waals surface area contributed by atoms with Crippen LogP contribution in [0.4, 0.5) is 0 Å². The van der Waals surface area contributed by atoms with Crippen molar-refractivity contribution in [3.63, 3.8) is 0 Å². The van der Waals surface area contributed by atoms with Gasteiger partial charge in [-0.1, -0.05) is 115 Å². The lowest BCUT2D eigenvalue weighted by Crippen LogP contribution is -2.48. The maximum absolute atomic E-state index is 12.9. The topological polar surface area (TPSA) is 65.5 Å². The van der Waals surface area contributed by atoms with Crippen molar-refractivity contribution in [2.24, 2.45) is 0 Å². The van der Waals surface area contributed by atoms with E-state index in [1.165, 1.54) is 109 Å². The van der Waals surface area contributed by atoms with Gasteiger partial charge in [0.05, 0.1) is 4.90 Å². The Morgan fingerprint density at radius 1 is 0.700 bits per heavy atom. The van der Waals surface area contributed by atoms with E-state index in [-0.39, 0.29) is 0 Å². The summed E-state index contributed by atoms with van der Waals surface area (Å²) in [5.74, 6) is 0. The fraction of sp³-hybridized carbons (Fsp3) is 0.727. The van der Waals surface area contributed by atoms with Gasteiger partial charge in [-0.3, -0.25) is 9.88 Å². The molecule has 0 bridgehead atoms. The predicted molar refractivity (Wildman–Crippen MR) is 169 cm³/mol. The number of hydrogen-bond donors (Lipinski definition) is 1. The first kappa shape index (κ1) is 33.0. The minimum absolute atomic E-state index is 0.330. The molecule has 0 aliphatic carbocycles. The second-order valence-electron chi connectivity index (χ2n) is 11.7. The van der Waals surface area contributed by atoms with Crippen LogP contribution >= 0.6 is 0 Å². The van der Waals surface area contributed by atoms with Crippen LogP contribution in [0.2, 0.25) is 0 Å². The van der Waals surface area contributed by atoms with Crippen molar-refractivity contribution in [2.45, 2.75) is 115 Å². The molecule has 3 rings (SSSR count). The summed E-state index contributed by atoms with van der Waals surface area (Å²) in [7, 11) is -3.55. The molecule has 1 saturated heterocycles. The largest absolute Gasteiger partial charge is 0.301 e. The number of nitrogens with one attached hydrogen (secondary N) is 1. The summed E-state index contributed by atoms with van der Waals surface area (Å²) in [6, 6.07) is 7.10. The second kappa shape index (κ2) is 19.6. The lowest BCUT2D eigenvalue weighted by molar-refractivity contribution is 0.132. The Labute approximate surface area is 245 Å². The maximum Gasteiger partial charge on any atom is 0.241 e. The highest BCUT2D eigenvalue weighted by molar-refractivity contribution is 7.89. The SMILES string of the molecule is CCCCCCCCCCCCCCCCCCN1CCN(CCNS(=O)(=O)c2cccc3cnccc23)CC1. The number of unbranched alkanes of at least 4 members (excludes halogenated alkanes) is 15. The number of aromatic nitrogens is 1. The average molecular weight is 573 g/mol. The molecular weight excluding hydrogens is 516 g/mol. The molecule has 0 atom stereocenters. The molecule has 0 unspecified atom stereocenters. The van der Waals surface area contributed by atoms with E-state index in [2.05, 4.69) is 26.4 Å². The molecule has 1 aliphatic heterocycles. The predicted octanol–water partition coefficient (Wildman–Crippen LogP) is 7.39. The number of fused-ring (bicyclic) bond motifs is 1. The van der Waals surface area contributed by atoms with Gasteiger partial charge in [-0.05, 0) is 25.1 Å². The van der Waals surface area contributed by atoms with E-state index in [9.17, 15) is 8.42 Å². The minimum Gasteiger partial charge on any atom is -0.301 e. The van der Waals surface area contributed by atoms with Gasteiger partial charge >= 0.3 is 0 Å². The van der Waals surface area contributed by atoms with Crippen LogP contribution in [0.25, 0.3) is 10.8 Å². The zero-order chi connectivity index (χ0) is 28.3. The summed E-state index contributed by atoms with van der Waals surface area (Å²) in [5, 5.41) is 1.55. The van der Waals surface area contributed by atoms with Gasteiger partial charge < -0.3 is 4.90 Å². The molecule has 0 saturated carbocycles. The van der Waals surface area contributed by atoms with E-state index in [4.69, 9.17) is 0 Å². The van der Waals surface area contributed by atoms with Gasteiger partial charge in [0.15, 0.2) is 0 Å². The molecular formula is C33H56N4O2S. The molecule has 7 heteroatoms.